The van der Waals surface area contributed by atoms with Crippen LogP contribution in [0.5, 0.6) is 0 Å². The molecule has 17 heavy (non-hydrogen) atoms. The van der Waals surface area contributed by atoms with Crippen molar-refractivity contribution in [1.29, 1.82) is 0 Å². The number of amides is 1. The zero-order valence-corrected chi connectivity index (χ0v) is 10.2. The van der Waals surface area contributed by atoms with Crippen molar-refractivity contribution < 1.29 is 4.79 Å². The van der Waals surface area contributed by atoms with E-state index in [4.69, 9.17) is 5.73 Å². The molecule has 0 fully saturated rings. The Morgan fingerprint density at radius 1 is 1.18 bits per heavy atom. The summed E-state index contributed by atoms with van der Waals surface area (Å²) in [6, 6.07) is 11.5. The molecule has 0 aliphatic heterocycles. The summed E-state index contributed by atoms with van der Waals surface area (Å²) >= 11 is 1.74. The van der Waals surface area contributed by atoms with Crippen molar-refractivity contribution in [2.75, 3.05) is 0 Å². The van der Waals surface area contributed by atoms with Crippen molar-refractivity contribution in [2.24, 2.45) is 5.73 Å². The predicted molar refractivity (Wildman–Crippen MR) is 69.8 cm³/mol. The molecule has 88 valence electrons. The van der Waals surface area contributed by atoms with Crippen molar-refractivity contribution in [3.8, 4) is 0 Å². The maximum atomic E-state index is 10.9. The number of benzene rings is 1. The van der Waals surface area contributed by atoms with Crippen molar-refractivity contribution in [3.05, 3.63) is 57.8 Å². The molecule has 0 radical (unpaired) electrons. The largest absolute Gasteiger partial charge is 0.366 e. The minimum Gasteiger partial charge on any atom is -0.366 e. The van der Waals surface area contributed by atoms with Gasteiger partial charge >= 0.3 is 0 Å². The van der Waals surface area contributed by atoms with Crippen LogP contribution in [0.25, 0.3) is 0 Å². The summed E-state index contributed by atoms with van der Waals surface area (Å²) in [5.41, 5.74) is 6.87. The van der Waals surface area contributed by atoms with E-state index in [0.29, 0.717) is 5.56 Å². The summed E-state index contributed by atoms with van der Waals surface area (Å²) in [5.74, 6) is -0.386. The Morgan fingerprint density at radius 2 is 1.94 bits per heavy atom. The molecule has 1 amide bonds. The third-order valence-corrected chi connectivity index (χ3v) is 3.32. The topological polar surface area (TPSA) is 55.1 Å². The molecule has 0 atom stereocenters. The van der Waals surface area contributed by atoms with Crippen LogP contribution in [0.4, 0.5) is 0 Å². The first-order chi connectivity index (χ1) is 8.25. The second-order valence-corrected chi connectivity index (χ2v) is 4.78. The number of carbonyl (C=O) groups is 1. The van der Waals surface area contributed by atoms with E-state index in [2.05, 4.69) is 16.8 Å². The Balaban J connectivity index is 1.85. The smallest absolute Gasteiger partial charge is 0.248 e. The summed E-state index contributed by atoms with van der Waals surface area (Å²) in [7, 11) is 0. The van der Waals surface area contributed by atoms with E-state index < -0.39 is 0 Å². The minimum absolute atomic E-state index is 0.386. The number of rotatable bonds is 5. The van der Waals surface area contributed by atoms with Gasteiger partial charge in [0.15, 0.2) is 0 Å². The molecule has 0 bridgehead atoms. The quantitative estimate of drug-likeness (QED) is 0.849. The number of nitrogens with one attached hydrogen (secondary N) is 1. The number of hydrogen-bond acceptors (Lipinski definition) is 3. The van der Waals surface area contributed by atoms with Gasteiger partial charge in [0.25, 0.3) is 0 Å². The summed E-state index contributed by atoms with van der Waals surface area (Å²) in [5, 5.41) is 5.42. The van der Waals surface area contributed by atoms with Crippen molar-refractivity contribution in [2.45, 2.75) is 13.1 Å². The molecule has 1 heterocycles. The summed E-state index contributed by atoms with van der Waals surface area (Å²) in [6.07, 6.45) is 0. The summed E-state index contributed by atoms with van der Waals surface area (Å²) in [4.78, 5) is 12.2. The molecule has 4 heteroatoms. The van der Waals surface area contributed by atoms with Crippen molar-refractivity contribution in [1.82, 2.24) is 5.32 Å². The van der Waals surface area contributed by atoms with Gasteiger partial charge in [0, 0.05) is 23.5 Å². The highest BCUT2D eigenvalue weighted by Gasteiger charge is 1.99. The Bertz CT molecular complexity index is 477. The van der Waals surface area contributed by atoms with Crippen LogP contribution in [0.2, 0.25) is 0 Å². The maximum Gasteiger partial charge on any atom is 0.248 e. The number of thiophene rings is 1. The van der Waals surface area contributed by atoms with Gasteiger partial charge in [-0.3, -0.25) is 4.79 Å². The van der Waals surface area contributed by atoms with Crippen LogP contribution in [0.3, 0.4) is 0 Å². The number of hydrogen-bond donors (Lipinski definition) is 2. The van der Waals surface area contributed by atoms with Crippen molar-refractivity contribution in [3.63, 3.8) is 0 Å². The molecule has 0 aliphatic carbocycles. The number of primary amides is 1. The van der Waals surface area contributed by atoms with Crippen LogP contribution < -0.4 is 11.1 Å². The van der Waals surface area contributed by atoms with Gasteiger partial charge in [-0.25, -0.2) is 0 Å². The van der Waals surface area contributed by atoms with E-state index in [-0.39, 0.29) is 5.91 Å². The van der Waals surface area contributed by atoms with Gasteiger partial charge in [0.05, 0.1) is 0 Å². The molecule has 0 aliphatic rings. The monoisotopic (exact) mass is 246 g/mol. The van der Waals surface area contributed by atoms with Gasteiger partial charge < -0.3 is 11.1 Å². The van der Waals surface area contributed by atoms with Gasteiger partial charge in [-0.2, -0.15) is 0 Å². The molecule has 3 nitrogen and oxygen atoms in total. The number of carbonyl (C=O) groups excluding carboxylic acids is 1. The second kappa shape index (κ2) is 5.61. The molecule has 0 unspecified atom stereocenters. The zero-order chi connectivity index (χ0) is 12.1. The van der Waals surface area contributed by atoms with Gasteiger partial charge in [0.1, 0.15) is 0 Å². The Labute approximate surface area is 104 Å². The summed E-state index contributed by atoms with van der Waals surface area (Å²) < 4.78 is 0. The van der Waals surface area contributed by atoms with Gasteiger partial charge in [-0.05, 0) is 29.1 Å². The average Bonchev–Trinajstić information content (AvgIpc) is 2.83. The Morgan fingerprint density at radius 3 is 2.53 bits per heavy atom. The summed E-state index contributed by atoms with van der Waals surface area (Å²) in [6.45, 7) is 1.66. The van der Waals surface area contributed by atoms with Crippen LogP contribution in [0.15, 0.2) is 41.8 Å². The van der Waals surface area contributed by atoms with Crippen LogP contribution >= 0.6 is 11.3 Å². The molecule has 0 saturated heterocycles. The van der Waals surface area contributed by atoms with Crippen LogP contribution in [-0.2, 0) is 13.1 Å². The molecule has 2 aromatic rings. The second-order valence-electron chi connectivity index (χ2n) is 3.74. The van der Waals surface area contributed by atoms with Gasteiger partial charge in [-0.1, -0.05) is 18.2 Å². The number of nitrogens with two attached hydrogens (primary N) is 1. The molecule has 1 aromatic carbocycles. The van der Waals surface area contributed by atoms with Crippen LogP contribution in [0.1, 0.15) is 20.8 Å². The third-order valence-electron chi connectivity index (χ3n) is 2.45. The Kier molecular flexibility index (Phi) is 3.90. The molecular weight excluding hydrogens is 232 g/mol. The fourth-order valence-corrected chi connectivity index (χ4v) is 2.20. The lowest BCUT2D eigenvalue weighted by atomic mass is 10.1. The normalized spacial score (nSPS) is 10.4. The van der Waals surface area contributed by atoms with Crippen LogP contribution in [-0.4, -0.2) is 5.91 Å². The SMILES string of the molecule is NC(=O)c1ccc(CNCc2cccs2)cc1. The lowest BCUT2D eigenvalue weighted by Crippen LogP contribution is -2.13. The van der Waals surface area contributed by atoms with E-state index in [1.54, 1.807) is 23.5 Å². The zero-order valence-electron chi connectivity index (χ0n) is 9.35. The van der Waals surface area contributed by atoms with E-state index >= 15 is 0 Å². The molecule has 0 spiro atoms. The molecule has 3 N–H and O–H groups in total. The first-order valence-electron chi connectivity index (χ1n) is 5.37. The van der Waals surface area contributed by atoms with Crippen LogP contribution in [0, 0.1) is 0 Å². The van der Waals surface area contributed by atoms with E-state index in [0.717, 1.165) is 18.7 Å². The fraction of sp³-hybridized carbons (Fsp3) is 0.154. The highest BCUT2D eigenvalue weighted by atomic mass is 32.1. The Hall–Kier alpha value is -1.65. The van der Waals surface area contributed by atoms with Crippen molar-refractivity contribution >= 4 is 17.2 Å². The van der Waals surface area contributed by atoms with Gasteiger partial charge in [-0.15, -0.1) is 11.3 Å². The standard InChI is InChI=1S/C13H14N2OS/c14-13(16)11-5-3-10(4-6-11)8-15-9-12-2-1-7-17-12/h1-7,15H,8-9H2,(H2,14,16). The highest BCUT2D eigenvalue weighted by molar-refractivity contribution is 7.09. The minimum atomic E-state index is -0.386. The average molecular weight is 246 g/mol. The van der Waals surface area contributed by atoms with Gasteiger partial charge in [0.2, 0.25) is 5.91 Å². The first kappa shape index (κ1) is 11.8. The lowest BCUT2D eigenvalue weighted by molar-refractivity contribution is 0.100. The lowest BCUT2D eigenvalue weighted by Gasteiger charge is -2.04. The molecule has 2 rings (SSSR count). The molecular formula is C13H14N2OS. The third kappa shape index (κ3) is 3.41. The molecule has 0 saturated carbocycles. The molecule has 1 aromatic heterocycles. The fourth-order valence-electron chi connectivity index (χ4n) is 1.53. The first-order valence-corrected chi connectivity index (χ1v) is 6.25. The van der Waals surface area contributed by atoms with E-state index in [1.165, 1.54) is 4.88 Å². The maximum absolute atomic E-state index is 10.9. The van der Waals surface area contributed by atoms with E-state index in [9.17, 15) is 4.79 Å². The van der Waals surface area contributed by atoms with E-state index in [1.807, 2.05) is 18.2 Å². The predicted octanol–water partition coefficient (Wildman–Crippen LogP) is 2.14. The highest BCUT2D eigenvalue weighted by Crippen LogP contribution is 2.08.